The second-order valence-corrected chi connectivity index (χ2v) is 6.15. The Balaban J connectivity index is 2.20. The Labute approximate surface area is 98.1 Å². The van der Waals surface area contributed by atoms with Crippen LogP contribution in [0.15, 0.2) is 12.5 Å². The van der Waals surface area contributed by atoms with Crippen LogP contribution in [0, 0.1) is 11.3 Å². The predicted octanol–water partition coefficient (Wildman–Crippen LogP) is 2.51. The maximum absolute atomic E-state index is 6.16. The van der Waals surface area contributed by atoms with Gasteiger partial charge in [-0.1, -0.05) is 13.8 Å². The molecule has 90 valence electrons. The van der Waals surface area contributed by atoms with Crippen LogP contribution in [0.4, 0.5) is 0 Å². The number of nitrogens with zero attached hydrogens (tertiary/aromatic N) is 2. The molecule has 0 radical (unpaired) electrons. The molecule has 2 N–H and O–H groups in total. The summed E-state index contributed by atoms with van der Waals surface area (Å²) in [5, 5.41) is 0. The number of imidazole rings is 1. The highest BCUT2D eigenvalue weighted by molar-refractivity contribution is 5.11. The van der Waals surface area contributed by atoms with Crippen molar-refractivity contribution in [3.63, 3.8) is 0 Å². The summed E-state index contributed by atoms with van der Waals surface area (Å²) in [4.78, 5) is 4.24. The fourth-order valence-corrected chi connectivity index (χ4v) is 2.40. The van der Waals surface area contributed by atoms with E-state index in [2.05, 4.69) is 23.4 Å². The van der Waals surface area contributed by atoms with Crippen LogP contribution < -0.4 is 5.73 Å². The van der Waals surface area contributed by atoms with Gasteiger partial charge in [-0.15, -0.1) is 0 Å². The maximum Gasteiger partial charge on any atom is 0.0948 e. The highest BCUT2D eigenvalue weighted by Gasteiger charge is 2.45. The molecule has 1 aromatic rings. The minimum atomic E-state index is -0.302. The molecule has 1 aliphatic rings. The molecule has 1 saturated carbocycles. The molecular formula is C13H23N3. The minimum absolute atomic E-state index is 0.302. The zero-order valence-corrected chi connectivity index (χ0v) is 10.8. The Morgan fingerprint density at radius 3 is 2.56 bits per heavy atom. The van der Waals surface area contributed by atoms with E-state index in [0.29, 0.717) is 5.41 Å². The highest BCUT2D eigenvalue weighted by Crippen LogP contribution is 2.53. The lowest BCUT2D eigenvalue weighted by molar-refractivity contribution is 0.298. The second-order valence-electron chi connectivity index (χ2n) is 6.15. The summed E-state index contributed by atoms with van der Waals surface area (Å²) in [6.45, 7) is 9.78. The molecule has 1 heterocycles. The van der Waals surface area contributed by atoms with Crippen molar-refractivity contribution in [1.82, 2.24) is 9.55 Å². The monoisotopic (exact) mass is 221 g/mol. The largest absolute Gasteiger partial charge is 0.332 e. The van der Waals surface area contributed by atoms with Gasteiger partial charge in [0.25, 0.3) is 0 Å². The first-order valence-electron chi connectivity index (χ1n) is 6.15. The van der Waals surface area contributed by atoms with Gasteiger partial charge < -0.3 is 10.3 Å². The lowest BCUT2D eigenvalue weighted by Crippen LogP contribution is -2.33. The molecular weight excluding hydrogens is 198 g/mol. The summed E-state index contributed by atoms with van der Waals surface area (Å²) in [7, 11) is 0. The molecule has 16 heavy (non-hydrogen) atoms. The molecule has 2 rings (SSSR count). The van der Waals surface area contributed by atoms with Crippen molar-refractivity contribution in [2.24, 2.45) is 17.1 Å². The zero-order chi connectivity index (χ0) is 12.0. The number of hydrogen-bond donors (Lipinski definition) is 1. The van der Waals surface area contributed by atoms with Gasteiger partial charge in [-0.3, -0.25) is 0 Å². The third-order valence-corrected chi connectivity index (χ3v) is 3.97. The predicted molar refractivity (Wildman–Crippen MR) is 65.9 cm³/mol. The van der Waals surface area contributed by atoms with Crippen molar-refractivity contribution in [1.29, 1.82) is 0 Å². The minimum Gasteiger partial charge on any atom is -0.332 e. The van der Waals surface area contributed by atoms with E-state index < -0.39 is 0 Å². The van der Waals surface area contributed by atoms with E-state index in [1.807, 2.05) is 26.4 Å². The maximum atomic E-state index is 6.16. The molecule has 0 atom stereocenters. The average molecular weight is 221 g/mol. The third kappa shape index (κ3) is 2.01. The van der Waals surface area contributed by atoms with Gasteiger partial charge in [0, 0.05) is 12.7 Å². The SMILES string of the molecule is CC(C)C1(Cn2cncc2C(C)(C)N)CC1. The lowest BCUT2D eigenvalue weighted by atomic mass is 9.92. The Morgan fingerprint density at radius 2 is 2.12 bits per heavy atom. The molecule has 0 unspecified atom stereocenters. The van der Waals surface area contributed by atoms with Crippen molar-refractivity contribution in [3.05, 3.63) is 18.2 Å². The van der Waals surface area contributed by atoms with Crippen LogP contribution >= 0.6 is 0 Å². The van der Waals surface area contributed by atoms with Gasteiger partial charge in [-0.25, -0.2) is 4.98 Å². The molecule has 0 spiro atoms. The fourth-order valence-electron chi connectivity index (χ4n) is 2.40. The third-order valence-electron chi connectivity index (χ3n) is 3.97. The van der Waals surface area contributed by atoms with Gasteiger partial charge in [0.05, 0.1) is 17.6 Å². The van der Waals surface area contributed by atoms with Crippen LogP contribution in [-0.4, -0.2) is 9.55 Å². The van der Waals surface area contributed by atoms with E-state index in [9.17, 15) is 0 Å². The van der Waals surface area contributed by atoms with Crippen LogP contribution in [0.3, 0.4) is 0 Å². The summed E-state index contributed by atoms with van der Waals surface area (Å²) < 4.78 is 2.24. The second kappa shape index (κ2) is 3.59. The number of nitrogens with two attached hydrogens (primary N) is 1. The van der Waals surface area contributed by atoms with Crippen molar-refractivity contribution in [2.75, 3.05) is 0 Å². The summed E-state index contributed by atoms with van der Waals surface area (Å²) in [5.41, 5.74) is 7.49. The number of rotatable bonds is 4. The van der Waals surface area contributed by atoms with Crippen LogP contribution in [0.5, 0.6) is 0 Å². The van der Waals surface area contributed by atoms with Gasteiger partial charge >= 0.3 is 0 Å². The van der Waals surface area contributed by atoms with Gasteiger partial charge in [0.2, 0.25) is 0 Å². The summed E-state index contributed by atoms with van der Waals surface area (Å²) in [5.74, 6) is 0.739. The van der Waals surface area contributed by atoms with E-state index in [4.69, 9.17) is 5.73 Å². The summed E-state index contributed by atoms with van der Waals surface area (Å²) >= 11 is 0. The number of hydrogen-bond acceptors (Lipinski definition) is 2. The van der Waals surface area contributed by atoms with E-state index in [0.717, 1.165) is 18.2 Å². The first-order valence-corrected chi connectivity index (χ1v) is 6.15. The molecule has 3 nitrogen and oxygen atoms in total. The Bertz CT molecular complexity index is 367. The van der Waals surface area contributed by atoms with E-state index in [1.54, 1.807) is 0 Å². The quantitative estimate of drug-likeness (QED) is 0.849. The van der Waals surface area contributed by atoms with Crippen molar-refractivity contribution in [2.45, 2.75) is 52.6 Å². The van der Waals surface area contributed by atoms with E-state index in [1.165, 1.54) is 12.8 Å². The first kappa shape index (κ1) is 11.6. The van der Waals surface area contributed by atoms with Crippen molar-refractivity contribution < 1.29 is 0 Å². The molecule has 0 aromatic carbocycles. The standard InChI is InChI=1S/C13H23N3/c1-10(2)13(5-6-13)8-16-9-15-7-11(16)12(3,4)14/h7,9-10H,5-6,8,14H2,1-4H3. The molecule has 3 heteroatoms. The Kier molecular flexibility index (Phi) is 2.61. The topological polar surface area (TPSA) is 43.8 Å². The van der Waals surface area contributed by atoms with Crippen molar-refractivity contribution in [3.8, 4) is 0 Å². The first-order chi connectivity index (χ1) is 7.35. The molecule has 0 bridgehead atoms. The van der Waals surface area contributed by atoms with Gasteiger partial charge in [-0.2, -0.15) is 0 Å². The van der Waals surface area contributed by atoms with Gasteiger partial charge in [-0.05, 0) is 38.0 Å². The van der Waals surface area contributed by atoms with Gasteiger partial charge in [0.1, 0.15) is 0 Å². The highest BCUT2D eigenvalue weighted by atomic mass is 15.1. The lowest BCUT2D eigenvalue weighted by Gasteiger charge is -2.25. The Hall–Kier alpha value is -0.830. The van der Waals surface area contributed by atoms with Crippen LogP contribution in [0.1, 0.15) is 46.2 Å². The zero-order valence-electron chi connectivity index (χ0n) is 10.8. The smallest absolute Gasteiger partial charge is 0.0948 e. The molecule has 1 fully saturated rings. The molecule has 0 aliphatic heterocycles. The van der Waals surface area contributed by atoms with Crippen LogP contribution in [-0.2, 0) is 12.1 Å². The average Bonchev–Trinajstić information content (AvgIpc) is 2.74. The van der Waals surface area contributed by atoms with Crippen LogP contribution in [0.2, 0.25) is 0 Å². The summed E-state index contributed by atoms with van der Waals surface area (Å²) in [6, 6.07) is 0. The number of aromatic nitrogens is 2. The van der Waals surface area contributed by atoms with Gasteiger partial charge in [0.15, 0.2) is 0 Å². The molecule has 0 saturated heterocycles. The van der Waals surface area contributed by atoms with E-state index in [-0.39, 0.29) is 5.54 Å². The fraction of sp³-hybridized carbons (Fsp3) is 0.769. The van der Waals surface area contributed by atoms with Crippen molar-refractivity contribution >= 4 is 0 Å². The normalized spacial score (nSPS) is 19.1. The molecule has 0 amide bonds. The molecule has 1 aromatic heterocycles. The molecule has 1 aliphatic carbocycles. The Morgan fingerprint density at radius 1 is 1.50 bits per heavy atom. The van der Waals surface area contributed by atoms with Crippen LogP contribution in [0.25, 0.3) is 0 Å². The summed E-state index contributed by atoms with van der Waals surface area (Å²) in [6.07, 6.45) is 6.50. The van der Waals surface area contributed by atoms with E-state index >= 15 is 0 Å².